The van der Waals surface area contributed by atoms with Gasteiger partial charge in [-0.15, -0.1) is 0 Å². The molecule has 0 aliphatic heterocycles. The summed E-state index contributed by atoms with van der Waals surface area (Å²) in [6.07, 6.45) is 1.96. The Morgan fingerprint density at radius 3 is 2.65 bits per heavy atom. The van der Waals surface area contributed by atoms with Crippen LogP contribution >= 0.6 is 0 Å². The zero-order valence-corrected chi connectivity index (χ0v) is 12.7. The van der Waals surface area contributed by atoms with Gasteiger partial charge in [-0.3, -0.25) is 14.9 Å². The highest BCUT2D eigenvalue weighted by molar-refractivity contribution is 5.96. The molecule has 1 aromatic heterocycles. The Morgan fingerprint density at radius 2 is 1.96 bits per heavy atom. The fourth-order valence-electron chi connectivity index (χ4n) is 2.50. The highest BCUT2D eigenvalue weighted by atomic mass is 16.6. The monoisotopic (exact) mass is 309 g/mol. The number of rotatable bonds is 4. The minimum absolute atomic E-state index is 0.121. The smallest absolute Gasteiger partial charge is 0.293 e. The van der Waals surface area contributed by atoms with E-state index >= 15 is 0 Å². The molecule has 0 unspecified atom stereocenters. The van der Waals surface area contributed by atoms with Crippen LogP contribution in [-0.2, 0) is 7.05 Å². The van der Waals surface area contributed by atoms with Crippen LogP contribution in [0.1, 0.15) is 17.3 Å². The van der Waals surface area contributed by atoms with E-state index in [2.05, 4.69) is 5.32 Å². The van der Waals surface area contributed by atoms with E-state index in [0.717, 1.165) is 16.6 Å². The van der Waals surface area contributed by atoms with Crippen LogP contribution in [0.4, 0.5) is 17.1 Å². The summed E-state index contributed by atoms with van der Waals surface area (Å²) >= 11 is 0. The number of hydrogen-bond acceptors (Lipinski definition) is 4. The first-order valence-electron chi connectivity index (χ1n) is 7.07. The minimum atomic E-state index is -0.490. The molecule has 0 spiro atoms. The normalized spacial score (nSPS) is 10.7. The summed E-state index contributed by atoms with van der Waals surface area (Å²) < 4.78 is 1.98. The number of nitrogens with one attached hydrogen (secondary N) is 1. The van der Waals surface area contributed by atoms with E-state index in [9.17, 15) is 14.9 Å². The molecule has 0 saturated heterocycles. The molecule has 0 atom stereocenters. The molecule has 116 valence electrons. The fraction of sp³-hybridized carbons (Fsp3) is 0.118. The van der Waals surface area contributed by atoms with Gasteiger partial charge < -0.3 is 9.88 Å². The van der Waals surface area contributed by atoms with Gasteiger partial charge in [-0.1, -0.05) is 6.07 Å². The first kappa shape index (κ1) is 14.8. The number of aryl methyl sites for hydroxylation is 1. The van der Waals surface area contributed by atoms with Crippen LogP contribution in [0.5, 0.6) is 0 Å². The summed E-state index contributed by atoms with van der Waals surface area (Å²) in [5.41, 5.74) is 2.33. The Kier molecular flexibility index (Phi) is 3.57. The van der Waals surface area contributed by atoms with Crippen molar-refractivity contribution in [1.29, 1.82) is 0 Å². The van der Waals surface area contributed by atoms with Crippen molar-refractivity contribution in [2.75, 3.05) is 5.32 Å². The molecule has 0 fully saturated rings. The Hall–Kier alpha value is -3.15. The second kappa shape index (κ2) is 5.57. The lowest BCUT2D eigenvalue weighted by molar-refractivity contribution is -0.383. The van der Waals surface area contributed by atoms with E-state index in [-0.39, 0.29) is 11.5 Å². The molecular formula is C17H15N3O3. The lowest BCUT2D eigenvalue weighted by Gasteiger charge is -2.09. The van der Waals surface area contributed by atoms with E-state index in [1.807, 2.05) is 42.1 Å². The highest BCUT2D eigenvalue weighted by Crippen LogP contribution is 2.30. The van der Waals surface area contributed by atoms with Crippen molar-refractivity contribution >= 4 is 33.7 Å². The molecule has 23 heavy (non-hydrogen) atoms. The molecule has 3 rings (SSSR count). The number of nitro groups is 1. The number of hydrogen-bond donors (Lipinski definition) is 1. The van der Waals surface area contributed by atoms with Crippen LogP contribution in [-0.4, -0.2) is 15.3 Å². The molecule has 0 aliphatic rings. The Balaban J connectivity index is 2.02. The average molecular weight is 309 g/mol. The summed E-state index contributed by atoms with van der Waals surface area (Å²) in [7, 11) is 1.94. The zero-order valence-electron chi connectivity index (χ0n) is 12.7. The van der Waals surface area contributed by atoms with Gasteiger partial charge in [0, 0.05) is 36.1 Å². The minimum Gasteiger partial charge on any atom is -0.350 e. The van der Waals surface area contributed by atoms with Gasteiger partial charge in [-0.25, -0.2) is 0 Å². The van der Waals surface area contributed by atoms with Crippen molar-refractivity contribution in [2.24, 2.45) is 7.05 Å². The van der Waals surface area contributed by atoms with E-state index < -0.39 is 4.92 Å². The molecule has 0 saturated carbocycles. The molecule has 2 aromatic carbocycles. The predicted molar refractivity (Wildman–Crippen MR) is 89.3 cm³/mol. The van der Waals surface area contributed by atoms with Crippen molar-refractivity contribution in [3.8, 4) is 0 Å². The van der Waals surface area contributed by atoms with E-state index in [4.69, 9.17) is 0 Å². The van der Waals surface area contributed by atoms with Gasteiger partial charge in [0.05, 0.1) is 4.92 Å². The quantitative estimate of drug-likeness (QED) is 0.448. The Labute approximate surface area is 132 Å². The molecule has 6 heteroatoms. The molecule has 3 aromatic rings. The molecule has 0 amide bonds. The largest absolute Gasteiger partial charge is 0.350 e. The van der Waals surface area contributed by atoms with Crippen molar-refractivity contribution in [1.82, 2.24) is 4.57 Å². The Bertz CT molecular complexity index is 928. The second-order valence-corrected chi connectivity index (χ2v) is 5.37. The second-order valence-electron chi connectivity index (χ2n) is 5.37. The molecule has 0 bridgehead atoms. The van der Waals surface area contributed by atoms with E-state index in [1.54, 1.807) is 12.1 Å². The summed E-state index contributed by atoms with van der Waals surface area (Å²) in [4.78, 5) is 22.2. The molecule has 1 heterocycles. The van der Waals surface area contributed by atoms with Crippen LogP contribution < -0.4 is 5.32 Å². The maximum Gasteiger partial charge on any atom is 0.293 e. The Morgan fingerprint density at radius 1 is 1.17 bits per heavy atom. The summed E-state index contributed by atoms with van der Waals surface area (Å²) in [6, 6.07) is 12.2. The third kappa shape index (κ3) is 2.78. The van der Waals surface area contributed by atoms with Crippen LogP contribution in [0, 0.1) is 10.1 Å². The summed E-state index contributed by atoms with van der Waals surface area (Å²) in [5, 5.41) is 15.4. The number of fused-ring (bicyclic) bond motifs is 1. The number of ketones is 1. The highest BCUT2D eigenvalue weighted by Gasteiger charge is 2.16. The number of aromatic nitrogens is 1. The van der Waals surface area contributed by atoms with E-state index in [1.165, 1.54) is 13.0 Å². The van der Waals surface area contributed by atoms with Gasteiger partial charge in [0.25, 0.3) is 5.69 Å². The molecule has 0 aliphatic carbocycles. The average Bonchev–Trinajstić information content (AvgIpc) is 2.88. The maximum absolute atomic E-state index is 11.4. The number of nitro benzene ring substituents is 1. The molecule has 1 N–H and O–H groups in total. The van der Waals surface area contributed by atoms with Crippen molar-refractivity contribution < 1.29 is 9.72 Å². The maximum atomic E-state index is 11.4. The zero-order chi connectivity index (χ0) is 16.6. The third-order valence-electron chi connectivity index (χ3n) is 3.77. The fourth-order valence-corrected chi connectivity index (χ4v) is 2.50. The third-order valence-corrected chi connectivity index (χ3v) is 3.77. The first-order chi connectivity index (χ1) is 11.0. The number of Topliss-reactive ketones (excluding diaryl/α,β-unsaturated/α-hetero) is 1. The topological polar surface area (TPSA) is 77.2 Å². The van der Waals surface area contributed by atoms with Gasteiger partial charge in [0.15, 0.2) is 5.78 Å². The summed E-state index contributed by atoms with van der Waals surface area (Å²) in [5.74, 6) is -0.204. The first-order valence-corrected chi connectivity index (χ1v) is 7.07. The van der Waals surface area contributed by atoms with Gasteiger partial charge in [-0.05, 0) is 42.6 Å². The van der Waals surface area contributed by atoms with Gasteiger partial charge >= 0.3 is 0 Å². The molecule has 0 radical (unpaired) electrons. The lowest BCUT2D eigenvalue weighted by atomic mass is 10.1. The van der Waals surface area contributed by atoms with Gasteiger partial charge in [0.1, 0.15) is 5.69 Å². The molecular weight excluding hydrogens is 294 g/mol. The van der Waals surface area contributed by atoms with Gasteiger partial charge in [-0.2, -0.15) is 0 Å². The number of anilines is 2. The standard InChI is InChI=1S/C17H15N3O3/c1-11(21)13-4-6-15(17(9-13)20(22)23)18-14-5-3-12-7-8-19(2)16(12)10-14/h3-10,18H,1-2H3. The van der Waals surface area contributed by atoms with Crippen LogP contribution in [0.2, 0.25) is 0 Å². The van der Waals surface area contributed by atoms with Gasteiger partial charge in [0.2, 0.25) is 0 Å². The molecule has 6 nitrogen and oxygen atoms in total. The predicted octanol–water partition coefficient (Wildman–Crippen LogP) is 4.03. The van der Waals surface area contributed by atoms with Crippen molar-refractivity contribution in [2.45, 2.75) is 6.92 Å². The number of nitrogens with zero attached hydrogens (tertiary/aromatic N) is 2. The number of carbonyl (C=O) groups excluding carboxylic acids is 1. The number of benzene rings is 2. The van der Waals surface area contributed by atoms with Crippen molar-refractivity contribution in [3.05, 3.63) is 64.3 Å². The van der Waals surface area contributed by atoms with Crippen LogP contribution in [0.3, 0.4) is 0 Å². The van der Waals surface area contributed by atoms with Crippen molar-refractivity contribution in [3.63, 3.8) is 0 Å². The summed E-state index contributed by atoms with van der Waals surface area (Å²) in [6.45, 7) is 1.38. The lowest BCUT2D eigenvalue weighted by Crippen LogP contribution is -2.00. The van der Waals surface area contributed by atoms with Crippen LogP contribution in [0.15, 0.2) is 48.7 Å². The SMILES string of the molecule is CC(=O)c1ccc(Nc2ccc3ccn(C)c3c2)c([N+](=O)[O-])c1. The van der Waals surface area contributed by atoms with Crippen LogP contribution in [0.25, 0.3) is 10.9 Å². The number of carbonyl (C=O) groups is 1. The van der Waals surface area contributed by atoms with E-state index in [0.29, 0.717) is 11.3 Å².